The van der Waals surface area contributed by atoms with Crippen molar-refractivity contribution < 1.29 is 19.2 Å². The second kappa shape index (κ2) is 5.02. The van der Waals surface area contributed by atoms with Gasteiger partial charge in [0.15, 0.2) is 0 Å². The Balaban J connectivity index is 2.38. The molecule has 0 atom stereocenters. The molecule has 0 unspecified atom stereocenters. The van der Waals surface area contributed by atoms with Crippen LogP contribution in [0.4, 0.5) is 0 Å². The molecule has 1 aromatic heterocycles. The van der Waals surface area contributed by atoms with E-state index >= 15 is 0 Å². The number of ether oxygens (including phenoxy) is 1. The summed E-state index contributed by atoms with van der Waals surface area (Å²) in [5, 5.41) is 9.37. The molecular formula is C14H22BNO4. The Morgan fingerprint density at radius 2 is 1.80 bits per heavy atom. The van der Waals surface area contributed by atoms with E-state index in [9.17, 15) is 5.11 Å². The summed E-state index contributed by atoms with van der Waals surface area (Å²) in [5.41, 5.74) is 1.44. The summed E-state index contributed by atoms with van der Waals surface area (Å²) in [7, 11) is 1.01. The normalized spacial score (nSPS) is 20.2. The lowest BCUT2D eigenvalue weighted by Gasteiger charge is -2.32. The lowest BCUT2D eigenvalue weighted by molar-refractivity contribution is 0.00578. The van der Waals surface area contributed by atoms with Crippen molar-refractivity contribution >= 4 is 12.7 Å². The Hall–Kier alpha value is -1.11. The van der Waals surface area contributed by atoms with Crippen molar-refractivity contribution in [3.8, 4) is 5.88 Å². The second-order valence-electron chi connectivity index (χ2n) is 6.10. The third-order valence-corrected chi connectivity index (χ3v) is 4.18. The lowest BCUT2D eigenvalue weighted by atomic mass is 9.83. The van der Waals surface area contributed by atoms with Crippen LogP contribution in [0.25, 0.3) is 0 Å². The lowest BCUT2D eigenvalue weighted by Crippen LogP contribution is -2.41. The third-order valence-electron chi connectivity index (χ3n) is 4.18. The molecule has 0 aromatic carbocycles. The van der Waals surface area contributed by atoms with Crippen LogP contribution in [0.2, 0.25) is 0 Å². The maximum Gasteiger partial charge on any atom is 0.514 e. The van der Waals surface area contributed by atoms with E-state index < -0.39 is 18.3 Å². The van der Waals surface area contributed by atoms with Gasteiger partial charge in [0.25, 0.3) is 0 Å². The summed E-state index contributed by atoms with van der Waals surface area (Å²) >= 11 is 0. The molecule has 0 amide bonds. The van der Waals surface area contributed by atoms with Crippen molar-refractivity contribution in [2.24, 2.45) is 0 Å². The molecule has 0 saturated carbocycles. The van der Waals surface area contributed by atoms with Crippen LogP contribution in [0.1, 0.15) is 38.8 Å². The van der Waals surface area contributed by atoms with Crippen LogP contribution >= 0.6 is 0 Å². The van der Waals surface area contributed by atoms with Gasteiger partial charge in [-0.25, -0.2) is 4.98 Å². The van der Waals surface area contributed by atoms with E-state index in [4.69, 9.17) is 14.0 Å². The zero-order valence-electron chi connectivity index (χ0n) is 13.0. The summed E-state index contributed by atoms with van der Waals surface area (Å²) in [6.07, 6.45) is 0. The van der Waals surface area contributed by atoms with Gasteiger partial charge in [0, 0.05) is 5.56 Å². The molecule has 0 bridgehead atoms. The number of aliphatic hydroxyl groups is 1. The zero-order valence-corrected chi connectivity index (χ0v) is 13.0. The standard InChI is InChI=1S/C14H22BNO4/c1-9-7-11(16-12(18-6)10(9)8-17)15-19-13(2,3)14(4,5)20-15/h7,17H,8H2,1-6H3. The highest BCUT2D eigenvalue weighted by molar-refractivity contribution is 6.61. The van der Waals surface area contributed by atoms with Crippen molar-refractivity contribution in [3.05, 3.63) is 17.2 Å². The van der Waals surface area contributed by atoms with Crippen molar-refractivity contribution in [1.29, 1.82) is 0 Å². The minimum absolute atomic E-state index is 0.106. The van der Waals surface area contributed by atoms with Gasteiger partial charge in [-0.1, -0.05) is 0 Å². The molecule has 1 N–H and O–H groups in total. The molecule has 2 heterocycles. The van der Waals surface area contributed by atoms with Crippen molar-refractivity contribution in [1.82, 2.24) is 4.98 Å². The highest BCUT2D eigenvalue weighted by atomic mass is 16.7. The van der Waals surface area contributed by atoms with Gasteiger partial charge in [-0.05, 0) is 46.2 Å². The first kappa shape index (κ1) is 15.3. The summed E-state index contributed by atoms with van der Waals surface area (Å²) in [5.74, 6) is 0.414. The number of aromatic nitrogens is 1. The predicted molar refractivity (Wildman–Crippen MR) is 77.2 cm³/mol. The fourth-order valence-electron chi connectivity index (χ4n) is 2.14. The minimum atomic E-state index is -0.527. The van der Waals surface area contributed by atoms with Crippen LogP contribution < -0.4 is 10.3 Å². The van der Waals surface area contributed by atoms with Crippen LogP contribution in [-0.2, 0) is 15.9 Å². The van der Waals surface area contributed by atoms with Gasteiger partial charge in [0.2, 0.25) is 5.88 Å². The van der Waals surface area contributed by atoms with Gasteiger partial charge in [-0.3, -0.25) is 0 Å². The van der Waals surface area contributed by atoms with E-state index in [2.05, 4.69) is 4.98 Å². The van der Waals surface area contributed by atoms with Gasteiger partial charge in [-0.2, -0.15) is 0 Å². The van der Waals surface area contributed by atoms with Gasteiger partial charge in [0.05, 0.1) is 30.5 Å². The number of aryl methyl sites for hydroxylation is 1. The van der Waals surface area contributed by atoms with E-state index in [0.29, 0.717) is 17.0 Å². The number of pyridine rings is 1. The predicted octanol–water partition coefficient (Wildman–Crippen LogP) is 1.19. The van der Waals surface area contributed by atoms with Crippen LogP contribution in [0.5, 0.6) is 5.88 Å². The molecular weight excluding hydrogens is 257 g/mol. The first-order valence-corrected chi connectivity index (χ1v) is 6.73. The third kappa shape index (κ3) is 2.43. The largest absolute Gasteiger partial charge is 0.514 e. The van der Waals surface area contributed by atoms with Crippen LogP contribution in [0.15, 0.2) is 6.07 Å². The van der Waals surface area contributed by atoms with E-state index in [1.165, 1.54) is 7.11 Å². The van der Waals surface area contributed by atoms with E-state index in [1.54, 1.807) is 0 Å². The maximum atomic E-state index is 9.37. The molecule has 1 fully saturated rings. The average molecular weight is 279 g/mol. The highest BCUT2D eigenvalue weighted by Crippen LogP contribution is 2.36. The maximum absolute atomic E-state index is 9.37. The van der Waals surface area contributed by atoms with E-state index in [1.807, 2.05) is 40.7 Å². The summed E-state index contributed by atoms with van der Waals surface area (Å²) < 4.78 is 17.2. The molecule has 1 saturated heterocycles. The first-order chi connectivity index (χ1) is 9.21. The number of methoxy groups -OCH3 is 1. The Labute approximate surface area is 120 Å². The molecule has 2 rings (SSSR count). The Kier molecular flexibility index (Phi) is 3.84. The summed E-state index contributed by atoms with van der Waals surface area (Å²) in [4.78, 5) is 4.40. The molecule has 1 aliphatic rings. The van der Waals surface area contributed by atoms with Gasteiger partial charge in [-0.15, -0.1) is 0 Å². The van der Waals surface area contributed by atoms with Crippen LogP contribution in [0.3, 0.4) is 0 Å². The minimum Gasteiger partial charge on any atom is -0.481 e. The number of nitrogens with zero attached hydrogens (tertiary/aromatic N) is 1. The summed E-state index contributed by atoms with van der Waals surface area (Å²) in [6, 6.07) is 1.87. The molecule has 6 heteroatoms. The number of hydrogen-bond donors (Lipinski definition) is 1. The quantitative estimate of drug-likeness (QED) is 0.842. The highest BCUT2D eigenvalue weighted by Gasteiger charge is 2.52. The first-order valence-electron chi connectivity index (χ1n) is 6.73. The molecule has 0 radical (unpaired) electrons. The fourth-order valence-corrected chi connectivity index (χ4v) is 2.14. The van der Waals surface area contributed by atoms with Gasteiger partial charge in [0.1, 0.15) is 0 Å². The molecule has 20 heavy (non-hydrogen) atoms. The monoisotopic (exact) mass is 279 g/mol. The van der Waals surface area contributed by atoms with Crippen molar-refractivity contribution in [2.45, 2.75) is 52.4 Å². The Morgan fingerprint density at radius 3 is 2.25 bits per heavy atom. The Bertz CT molecular complexity index is 500. The Morgan fingerprint density at radius 1 is 1.25 bits per heavy atom. The van der Waals surface area contributed by atoms with Gasteiger partial charge >= 0.3 is 7.12 Å². The second-order valence-corrected chi connectivity index (χ2v) is 6.10. The fraction of sp³-hybridized carbons (Fsp3) is 0.643. The summed E-state index contributed by atoms with van der Waals surface area (Å²) in [6.45, 7) is 9.80. The molecule has 110 valence electrons. The van der Waals surface area contributed by atoms with Crippen molar-refractivity contribution in [3.63, 3.8) is 0 Å². The number of hydrogen-bond acceptors (Lipinski definition) is 5. The van der Waals surface area contributed by atoms with Gasteiger partial charge < -0.3 is 19.2 Å². The number of rotatable bonds is 3. The molecule has 0 spiro atoms. The van der Waals surface area contributed by atoms with Crippen LogP contribution in [-0.4, -0.2) is 35.5 Å². The van der Waals surface area contributed by atoms with E-state index in [-0.39, 0.29) is 6.61 Å². The van der Waals surface area contributed by atoms with E-state index in [0.717, 1.165) is 5.56 Å². The zero-order chi connectivity index (χ0) is 15.1. The van der Waals surface area contributed by atoms with Crippen LogP contribution in [0, 0.1) is 6.92 Å². The molecule has 1 aromatic rings. The smallest absolute Gasteiger partial charge is 0.481 e. The van der Waals surface area contributed by atoms with Crippen molar-refractivity contribution in [2.75, 3.05) is 7.11 Å². The molecule has 5 nitrogen and oxygen atoms in total. The SMILES string of the molecule is COc1nc(B2OC(C)(C)C(C)(C)O2)cc(C)c1CO. The topological polar surface area (TPSA) is 60.8 Å². The molecule has 1 aliphatic heterocycles. The molecule has 0 aliphatic carbocycles. The number of aliphatic hydroxyl groups excluding tert-OH is 1. The average Bonchev–Trinajstić information content (AvgIpc) is 2.57.